The molecule has 92 valence electrons. The molecule has 0 heterocycles. The molecule has 1 aliphatic rings. The SMILES string of the molecule is O=C(O)CN(Cc1ccc(F)cc1Cl)C1CC1. The van der Waals surface area contributed by atoms with E-state index < -0.39 is 5.97 Å². The molecule has 3 nitrogen and oxygen atoms in total. The Balaban J connectivity index is 2.08. The Morgan fingerprint density at radius 1 is 1.53 bits per heavy atom. The van der Waals surface area contributed by atoms with E-state index in [1.165, 1.54) is 12.1 Å². The van der Waals surface area contributed by atoms with Gasteiger partial charge in [-0.15, -0.1) is 0 Å². The number of hydrogen-bond acceptors (Lipinski definition) is 2. The summed E-state index contributed by atoms with van der Waals surface area (Å²) in [6.07, 6.45) is 2.04. The van der Waals surface area contributed by atoms with Crippen LogP contribution in [-0.4, -0.2) is 28.6 Å². The summed E-state index contributed by atoms with van der Waals surface area (Å²) in [5.74, 6) is -1.23. The first-order valence-electron chi connectivity index (χ1n) is 5.46. The summed E-state index contributed by atoms with van der Waals surface area (Å²) in [5, 5.41) is 9.17. The molecule has 1 aliphatic carbocycles. The first-order valence-corrected chi connectivity index (χ1v) is 5.84. The van der Waals surface area contributed by atoms with Crippen LogP contribution < -0.4 is 0 Å². The largest absolute Gasteiger partial charge is 0.480 e. The smallest absolute Gasteiger partial charge is 0.317 e. The van der Waals surface area contributed by atoms with Gasteiger partial charge in [-0.2, -0.15) is 0 Å². The van der Waals surface area contributed by atoms with Crippen molar-refractivity contribution < 1.29 is 14.3 Å². The van der Waals surface area contributed by atoms with Crippen molar-refractivity contribution in [1.82, 2.24) is 4.90 Å². The monoisotopic (exact) mass is 257 g/mol. The Kier molecular flexibility index (Phi) is 3.64. The minimum Gasteiger partial charge on any atom is -0.480 e. The van der Waals surface area contributed by atoms with Gasteiger partial charge in [0.05, 0.1) is 6.54 Å². The molecule has 5 heteroatoms. The van der Waals surface area contributed by atoms with Gasteiger partial charge < -0.3 is 5.11 Å². The molecule has 0 atom stereocenters. The highest BCUT2D eigenvalue weighted by molar-refractivity contribution is 6.31. The van der Waals surface area contributed by atoms with Gasteiger partial charge in [0.15, 0.2) is 0 Å². The molecule has 2 rings (SSSR count). The number of carbonyl (C=O) groups is 1. The normalized spacial score (nSPS) is 15.2. The van der Waals surface area contributed by atoms with Crippen molar-refractivity contribution >= 4 is 17.6 Å². The summed E-state index contributed by atoms with van der Waals surface area (Å²) in [7, 11) is 0. The zero-order valence-electron chi connectivity index (χ0n) is 9.20. The molecule has 1 aromatic rings. The van der Waals surface area contributed by atoms with Crippen LogP contribution in [0.25, 0.3) is 0 Å². The van der Waals surface area contributed by atoms with Gasteiger partial charge >= 0.3 is 5.97 Å². The zero-order chi connectivity index (χ0) is 12.4. The molecule has 0 aliphatic heterocycles. The van der Waals surface area contributed by atoms with Crippen LogP contribution in [0.2, 0.25) is 5.02 Å². The highest BCUT2D eigenvalue weighted by Gasteiger charge is 2.30. The average Bonchev–Trinajstić information content (AvgIpc) is 3.03. The van der Waals surface area contributed by atoms with Crippen LogP contribution in [-0.2, 0) is 11.3 Å². The summed E-state index contributed by atoms with van der Waals surface area (Å²) in [5.41, 5.74) is 0.765. The van der Waals surface area contributed by atoms with Crippen molar-refractivity contribution in [3.63, 3.8) is 0 Å². The maximum Gasteiger partial charge on any atom is 0.317 e. The Bertz CT molecular complexity index is 435. The molecule has 1 saturated carbocycles. The van der Waals surface area contributed by atoms with E-state index in [1.54, 1.807) is 6.07 Å². The van der Waals surface area contributed by atoms with Crippen molar-refractivity contribution in [2.45, 2.75) is 25.4 Å². The van der Waals surface area contributed by atoms with Crippen molar-refractivity contribution in [3.8, 4) is 0 Å². The van der Waals surface area contributed by atoms with Gasteiger partial charge in [0.1, 0.15) is 5.82 Å². The van der Waals surface area contributed by atoms with Crippen LogP contribution >= 0.6 is 11.6 Å². The Hall–Kier alpha value is -1.13. The molecule has 1 N–H and O–H groups in total. The number of nitrogens with zero attached hydrogens (tertiary/aromatic N) is 1. The lowest BCUT2D eigenvalue weighted by Crippen LogP contribution is -2.31. The molecule has 0 saturated heterocycles. The van der Waals surface area contributed by atoms with E-state index in [-0.39, 0.29) is 12.4 Å². The van der Waals surface area contributed by atoms with E-state index in [2.05, 4.69) is 0 Å². The lowest BCUT2D eigenvalue weighted by molar-refractivity contribution is -0.138. The summed E-state index contributed by atoms with van der Waals surface area (Å²) in [6, 6.07) is 4.53. The van der Waals surface area contributed by atoms with Crippen LogP contribution in [0.4, 0.5) is 4.39 Å². The second kappa shape index (κ2) is 5.02. The van der Waals surface area contributed by atoms with Gasteiger partial charge in [0, 0.05) is 17.6 Å². The topological polar surface area (TPSA) is 40.5 Å². The number of carboxylic acids is 1. The number of carboxylic acid groups (broad SMARTS) is 1. The van der Waals surface area contributed by atoms with Crippen LogP contribution in [0, 0.1) is 5.82 Å². The fourth-order valence-electron chi connectivity index (χ4n) is 1.80. The molecule has 0 amide bonds. The first-order chi connectivity index (χ1) is 8.06. The summed E-state index contributed by atoms with van der Waals surface area (Å²) >= 11 is 5.92. The molecular formula is C12H13ClFNO2. The van der Waals surface area contributed by atoms with Crippen molar-refractivity contribution in [2.24, 2.45) is 0 Å². The Labute approximate surface area is 104 Å². The van der Waals surface area contributed by atoms with Crippen LogP contribution in [0.3, 0.4) is 0 Å². The number of hydrogen-bond donors (Lipinski definition) is 1. The molecule has 0 bridgehead atoms. The molecule has 1 fully saturated rings. The fourth-order valence-corrected chi connectivity index (χ4v) is 2.02. The van der Waals surface area contributed by atoms with Crippen LogP contribution in [0.1, 0.15) is 18.4 Å². The predicted octanol–water partition coefficient (Wildman–Crippen LogP) is 2.53. The van der Waals surface area contributed by atoms with E-state index in [9.17, 15) is 9.18 Å². The van der Waals surface area contributed by atoms with Gasteiger partial charge in [-0.1, -0.05) is 17.7 Å². The quantitative estimate of drug-likeness (QED) is 0.881. The lowest BCUT2D eigenvalue weighted by Gasteiger charge is -2.20. The van der Waals surface area contributed by atoms with E-state index in [0.717, 1.165) is 18.4 Å². The third kappa shape index (κ3) is 3.41. The summed E-state index contributed by atoms with van der Waals surface area (Å²) < 4.78 is 12.9. The molecular weight excluding hydrogens is 245 g/mol. The maximum absolute atomic E-state index is 12.9. The van der Waals surface area contributed by atoms with Gasteiger partial charge in [0.2, 0.25) is 0 Å². The lowest BCUT2D eigenvalue weighted by atomic mass is 10.2. The van der Waals surface area contributed by atoms with Crippen molar-refractivity contribution in [3.05, 3.63) is 34.6 Å². The van der Waals surface area contributed by atoms with E-state index >= 15 is 0 Å². The van der Waals surface area contributed by atoms with Gasteiger partial charge in [-0.25, -0.2) is 4.39 Å². The predicted molar refractivity (Wildman–Crippen MR) is 62.5 cm³/mol. The molecule has 1 aromatic carbocycles. The van der Waals surface area contributed by atoms with Gasteiger partial charge in [-0.05, 0) is 30.5 Å². The average molecular weight is 258 g/mol. The van der Waals surface area contributed by atoms with Gasteiger partial charge in [-0.3, -0.25) is 9.69 Å². The number of halogens is 2. The highest BCUT2D eigenvalue weighted by Crippen LogP contribution is 2.29. The van der Waals surface area contributed by atoms with E-state index in [1.807, 2.05) is 4.90 Å². The van der Waals surface area contributed by atoms with E-state index in [0.29, 0.717) is 17.6 Å². The molecule has 0 spiro atoms. The molecule has 17 heavy (non-hydrogen) atoms. The highest BCUT2D eigenvalue weighted by atomic mass is 35.5. The third-order valence-electron chi connectivity index (χ3n) is 2.79. The summed E-state index contributed by atoms with van der Waals surface area (Å²) in [6.45, 7) is 0.453. The van der Waals surface area contributed by atoms with Crippen LogP contribution in [0.5, 0.6) is 0 Å². The zero-order valence-corrected chi connectivity index (χ0v) is 9.95. The maximum atomic E-state index is 12.9. The Morgan fingerprint density at radius 2 is 2.24 bits per heavy atom. The fraction of sp³-hybridized carbons (Fsp3) is 0.417. The molecule has 0 aromatic heterocycles. The second-order valence-electron chi connectivity index (χ2n) is 4.27. The number of rotatable bonds is 5. The minimum absolute atomic E-state index is 0.00162. The first kappa shape index (κ1) is 12.3. The summed E-state index contributed by atoms with van der Waals surface area (Å²) in [4.78, 5) is 12.6. The van der Waals surface area contributed by atoms with Crippen molar-refractivity contribution in [1.29, 1.82) is 0 Å². The molecule has 0 radical (unpaired) electrons. The van der Waals surface area contributed by atoms with Crippen molar-refractivity contribution in [2.75, 3.05) is 6.54 Å². The number of benzene rings is 1. The number of aliphatic carboxylic acids is 1. The molecule has 0 unspecified atom stereocenters. The Morgan fingerprint density at radius 3 is 2.76 bits per heavy atom. The second-order valence-corrected chi connectivity index (χ2v) is 4.67. The standard InChI is InChI=1S/C12H13ClFNO2/c13-11-5-9(14)2-1-8(11)6-15(7-12(16)17)10-3-4-10/h1-2,5,10H,3-4,6-7H2,(H,16,17). The van der Waals surface area contributed by atoms with E-state index in [4.69, 9.17) is 16.7 Å². The third-order valence-corrected chi connectivity index (χ3v) is 3.14. The van der Waals surface area contributed by atoms with Gasteiger partial charge in [0.25, 0.3) is 0 Å². The van der Waals surface area contributed by atoms with Crippen LogP contribution in [0.15, 0.2) is 18.2 Å². The minimum atomic E-state index is -0.852.